The average molecular weight is 491 g/mol. The molecule has 1 saturated heterocycles. The van der Waals surface area contributed by atoms with Gasteiger partial charge in [0.1, 0.15) is 12.4 Å². The number of nitrogens with zero attached hydrogens (tertiary/aromatic N) is 2. The number of hydrogen-bond acceptors (Lipinski definition) is 5. The molecule has 3 aromatic rings. The standard InChI is InChI=1S/C28H27ClN2O4/c29-21-8-6-20(7-9-21)28(34)11-15-31(16-12-28)14-2-4-22-23-3-1-13-30-25(23)18-35-26-10-5-19(27(32)33)17-24(22)26/h1,3-10,13,17,34H,2,11-12,14-16,18H2,(H,32,33)/b22-4+. The molecule has 0 bridgehead atoms. The molecular formula is C28H27ClN2O4. The third kappa shape index (κ3) is 4.96. The Morgan fingerprint density at radius 2 is 1.89 bits per heavy atom. The van der Waals surface area contributed by atoms with Gasteiger partial charge in [-0.3, -0.25) is 4.98 Å². The van der Waals surface area contributed by atoms with Crippen molar-refractivity contribution in [3.8, 4) is 5.75 Å². The maximum atomic E-state index is 11.6. The molecule has 0 saturated carbocycles. The van der Waals surface area contributed by atoms with Crippen molar-refractivity contribution in [1.29, 1.82) is 0 Å². The summed E-state index contributed by atoms with van der Waals surface area (Å²) < 4.78 is 5.97. The van der Waals surface area contributed by atoms with E-state index in [4.69, 9.17) is 16.3 Å². The van der Waals surface area contributed by atoms with E-state index >= 15 is 0 Å². The van der Waals surface area contributed by atoms with Gasteiger partial charge in [-0.1, -0.05) is 35.9 Å². The predicted molar refractivity (Wildman–Crippen MR) is 135 cm³/mol. The van der Waals surface area contributed by atoms with Crippen molar-refractivity contribution < 1.29 is 19.7 Å². The molecule has 1 fully saturated rings. The number of aromatic nitrogens is 1. The number of aliphatic hydroxyl groups is 1. The number of rotatable bonds is 5. The van der Waals surface area contributed by atoms with Gasteiger partial charge >= 0.3 is 5.97 Å². The van der Waals surface area contributed by atoms with Crippen LogP contribution < -0.4 is 4.74 Å². The Morgan fingerprint density at radius 3 is 2.63 bits per heavy atom. The quantitative estimate of drug-likeness (QED) is 0.516. The molecule has 1 aromatic heterocycles. The molecular weight excluding hydrogens is 464 g/mol. The summed E-state index contributed by atoms with van der Waals surface area (Å²) in [4.78, 5) is 18.5. The third-order valence-electron chi connectivity index (χ3n) is 6.92. The summed E-state index contributed by atoms with van der Waals surface area (Å²) in [5.74, 6) is -0.311. The number of carboxylic acids is 1. The molecule has 2 aromatic carbocycles. The zero-order chi connectivity index (χ0) is 24.4. The van der Waals surface area contributed by atoms with Gasteiger partial charge in [0.15, 0.2) is 0 Å². The summed E-state index contributed by atoms with van der Waals surface area (Å²) in [6, 6.07) is 16.3. The first-order chi connectivity index (χ1) is 16.9. The Labute approximate surface area is 209 Å². The number of ether oxygens (including phenoxy) is 1. The number of hydrogen-bond donors (Lipinski definition) is 2. The van der Waals surface area contributed by atoms with Crippen molar-refractivity contribution in [3.63, 3.8) is 0 Å². The first-order valence-electron chi connectivity index (χ1n) is 11.8. The first kappa shape index (κ1) is 23.5. The molecule has 5 rings (SSSR count). The van der Waals surface area contributed by atoms with E-state index in [2.05, 4.69) is 16.0 Å². The average Bonchev–Trinajstić information content (AvgIpc) is 3.02. The lowest BCUT2D eigenvalue weighted by molar-refractivity contribution is -0.0254. The van der Waals surface area contributed by atoms with Crippen LogP contribution in [0.2, 0.25) is 5.02 Å². The molecule has 6 nitrogen and oxygen atoms in total. The van der Waals surface area contributed by atoms with Gasteiger partial charge in [-0.05, 0) is 66.8 Å². The number of halogens is 1. The van der Waals surface area contributed by atoms with E-state index in [1.54, 1.807) is 24.4 Å². The van der Waals surface area contributed by atoms with E-state index in [0.717, 1.165) is 54.0 Å². The molecule has 0 spiro atoms. The number of fused-ring (bicyclic) bond motifs is 2. The van der Waals surface area contributed by atoms with Gasteiger partial charge in [-0.2, -0.15) is 0 Å². The van der Waals surface area contributed by atoms with Crippen LogP contribution in [0.15, 0.2) is 66.9 Å². The molecule has 3 heterocycles. The van der Waals surface area contributed by atoms with E-state index in [0.29, 0.717) is 30.2 Å². The fraction of sp³-hybridized carbons (Fsp3) is 0.286. The molecule has 180 valence electrons. The number of likely N-dealkylation sites (tertiary alicyclic amines) is 1. The summed E-state index contributed by atoms with van der Waals surface area (Å²) in [7, 11) is 0. The Kier molecular flexibility index (Phi) is 6.60. The van der Waals surface area contributed by atoms with Crippen LogP contribution in [-0.4, -0.2) is 45.7 Å². The van der Waals surface area contributed by atoms with E-state index in [1.165, 1.54) is 0 Å². The number of benzene rings is 2. The van der Waals surface area contributed by atoms with Crippen molar-refractivity contribution in [2.24, 2.45) is 0 Å². The van der Waals surface area contributed by atoms with Gasteiger partial charge in [-0.25, -0.2) is 4.79 Å². The molecule has 2 N–H and O–H groups in total. The topological polar surface area (TPSA) is 82.9 Å². The Hall–Kier alpha value is -3.19. The van der Waals surface area contributed by atoms with Crippen LogP contribution in [0.3, 0.4) is 0 Å². The third-order valence-corrected chi connectivity index (χ3v) is 7.17. The Morgan fingerprint density at radius 1 is 1.11 bits per heavy atom. The maximum Gasteiger partial charge on any atom is 0.335 e. The number of aromatic carboxylic acids is 1. The molecule has 0 unspecified atom stereocenters. The van der Waals surface area contributed by atoms with Gasteiger partial charge < -0.3 is 19.8 Å². The number of carbonyl (C=O) groups is 1. The monoisotopic (exact) mass is 490 g/mol. The minimum absolute atomic E-state index is 0.225. The van der Waals surface area contributed by atoms with Crippen molar-refractivity contribution >= 4 is 23.1 Å². The van der Waals surface area contributed by atoms with Crippen molar-refractivity contribution in [2.75, 3.05) is 19.6 Å². The van der Waals surface area contributed by atoms with Gasteiger partial charge in [0.2, 0.25) is 0 Å². The van der Waals surface area contributed by atoms with Crippen LogP contribution in [0.1, 0.15) is 52.0 Å². The van der Waals surface area contributed by atoms with Gasteiger partial charge in [-0.15, -0.1) is 0 Å². The summed E-state index contributed by atoms with van der Waals surface area (Å²) in [5.41, 5.74) is 3.82. The number of carboxylic acid groups (broad SMARTS) is 1. The zero-order valence-electron chi connectivity index (χ0n) is 19.3. The second kappa shape index (κ2) is 9.82. The highest BCUT2D eigenvalue weighted by Gasteiger charge is 2.33. The minimum Gasteiger partial charge on any atom is -0.487 e. The first-order valence-corrected chi connectivity index (χ1v) is 12.2. The second-order valence-electron chi connectivity index (χ2n) is 9.09. The van der Waals surface area contributed by atoms with Gasteiger partial charge in [0.05, 0.1) is 16.9 Å². The Balaban J connectivity index is 1.33. The second-order valence-corrected chi connectivity index (χ2v) is 9.53. The van der Waals surface area contributed by atoms with E-state index in [-0.39, 0.29) is 5.56 Å². The van der Waals surface area contributed by atoms with E-state index in [9.17, 15) is 15.0 Å². The highest BCUT2D eigenvalue weighted by molar-refractivity contribution is 6.30. The largest absolute Gasteiger partial charge is 0.487 e. The highest BCUT2D eigenvalue weighted by atomic mass is 35.5. The molecule has 0 atom stereocenters. The zero-order valence-corrected chi connectivity index (χ0v) is 20.0. The van der Waals surface area contributed by atoms with Crippen LogP contribution >= 0.6 is 11.6 Å². The lowest BCUT2D eigenvalue weighted by atomic mass is 9.84. The van der Waals surface area contributed by atoms with Crippen LogP contribution in [0.5, 0.6) is 5.75 Å². The van der Waals surface area contributed by atoms with Crippen LogP contribution in [-0.2, 0) is 12.2 Å². The molecule has 0 radical (unpaired) electrons. The van der Waals surface area contributed by atoms with Crippen LogP contribution in [0, 0.1) is 0 Å². The van der Waals surface area contributed by atoms with Crippen LogP contribution in [0.4, 0.5) is 0 Å². The predicted octanol–water partition coefficient (Wildman–Crippen LogP) is 5.13. The van der Waals surface area contributed by atoms with E-state index < -0.39 is 11.6 Å². The van der Waals surface area contributed by atoms with Crippen molar-refractivity contribution in [2.45, 2.75) is 31.5 Å². The smallest absolute Gasteiger partial charge is 0.335 e. The maximum absolute atomic E-state index is 11.6. The van der Waals surface area contributed by atoms with Gasteiger partial charge in [0.25, 0.3) is 0 Å². The lowest BCUT2D eigenvalue weighted by Gasteiger charge is -2.38. The number of pyridine rings is 1. The van der Waals surface area contributed by atoms with Crippen molar-refractivity contribution in [1.82, 2.24) is 9.88 Å². The van der Waals surface area contributed by atoms with E-state index in [1.807, 2.05) is 36.4 Å². The fourth-order valence-electron chi connectivity index (χ4n) is 4.90. The SMILES string of the molecule is O=C(O)c1ccc2c(c1)/C(=C/CCN1CCC(O)(c3ccc(Cl)cc3)CC1)c1cccnc1CO2. The van der Waals surface area contributed by atoms with Crippen LogP contribution in [0.25, 0.3) is 5.57 Å². The lowest BCUT2D eigenvalue weighted by Crippen LogP contribution is -2.42. The molecule has 2 aliphatic rings. The Bertz CT molecular complexity index is 1260. The molecule has 0 amide bonds. The molecule has 0 aliphatic carbocycles. The normalized spacial score (nSPS) is 18.3. The van der Waals surface area contributed by atoms with Crippen molar-refractivity contribution in [3.05, 3.63) is 99.8 Å². The molecule has 7 heteroatoms. The number of piperidine rings is 1. The summed E-state index contributed by atoms with van der Waals surface area (Å²) >= 11 is 6.00. The summed E-state index contributed by atoms with van der Waals surface area (Å²) in [5, 5.41) is 21.3. The highest BCUT2D eigenvalue weighted by Crippen LogP contribution is 2.37. The fourth-order valence-corrected chi connectivity index (χ4v) is 5.02. The molecule has 35 heavy (non-hydrogen) atoms. The molecule has 2 aliphatic heterocycles. The van der Waals surface area contributed by atoms with Gasteiger partial charge in [0, 0.05) is 42.0 Å². The summed E-state index contributed by atoms with van der Waals surface area (Å²) in [6.07, 6.45) is 6.00. The summed E-state index contributed by atoms with van der Waals surface area (Å²) in [6.45, 7) is 2.76. The minimum atomic E-state index is -0.968.